The predicted octanol–water partition coefficient (Wildman–Crippen LogP) is 6.76. The molecule has 11 heteroatoms. The first-order chi connectivity index (χ1) is 17.5. The van der Waals surface area contributed by atoms with Crippen molar-refractivity contribution < 1.29 is 26.7 Å². The second-order valence-electron chi connectivity index (χ2n) is 9.57. The Bertz CT molecular complexity index is 1100. The van der Waals surface area contributed by atoms with Gasteiger partial charge in [0.2, 0.25) is 5.88 Å². The zero-order valence-corrected chi connectivity index (χ0v) is 23.1. The van der Waals surface area contributed by atoms with Gasteiger partial charge in [0.25, 0.3) is 0 Å². The number of unbranched alkanes of at least 4 members (excludes halogenated alkanes) is 1. The molecule has 37 heavy (non-hydrogen) atoms. The van der Waals surface area contributed by atoms with Crippen molar-refractivity contribution in [2.45, 2.75) is 49.2 Å². The van der Waals surface area contributed by atoms with Crippen molar-refractivity contribution in [1.29, 1.82) is 0 Å². The summed E-state index contributed by atoms with van der Waals surface area (Å²) in [7, 11) is 1.81. The summed E-state index contributed by atoms with van der Waals surface area (Å²) < 4.78 is 72.0. The number of anilines is 1. The van der Waals surface area contributed by atoms with Crippen LogP contribution in [0.1, 0.15) is 50.3 Å². The zero-order valence-electron chi connectivity index (χ0n) is 20.9. The van der Waals surface area contributed by atoms with E-state index in [9.17, 15) is 22.0 Å². The van der Waals surface area contributed by atoms with Crippen molar-refractivity contribution >= 4 is 28.4 Å². The van der Waals surface area contributed by atoms with Crippen LogP contribution in [-0.4, -0.2) is 47.8 Å². The summed E-state index contributed by atoms with van der Waals surface area (Å²) in [5, 5.41) is 3.81. The number of hydrogen-bond donors (Lipinski definition) is 0. The molecule has 0 saturated carbocycles. The number of alkyl halides is 3. The molecule has 1 aromatic heterocycles. The molecule has 2 aliphatic heterocycles. The second-order valence-corrected chi connectivity index (χ2v) is 10.9. The molecule has 1 saturated heterocycles. The maximum Gasteiger partial charge on any atom is 0.323 e. The first-order valence-electron chi connectivity index (χ1n) is 12.3. The summed E-state index contributed by atoms with van der Waals surface area (Å²) in [6.07, 6.45) is 5.41. The molecular weight excluding hydrogens is 606 g/mol. The largest absolute Gasteiger partial charge is 0.475 e. The maximum absolute atomic E-state index is 14.0. The average molecular weight is 636 g/mol. The SMILES string of the molecule is CCCCN1C(OC2CCN(c3ccc(C(F)(F)I)cn3)C[C@@H]2C)=CC(c2cc(F)c(F)c(F)c2)N1C. The van der Waals surface area contributed by atoms with Crippen LogP contribution in [-0.2, 0) is 8.67 Å². The van der Waals surface area contributed by atoms with Crippen molar-refractivity contribution in [3.63, 3.8) is 0 Å². The number of likely N-dealkylation sites (N-methyl/N-ethyl adjacent to an activating group) is 1. The highest BCUT2D eigenvalue weighted by Crippen LogP contribution is 2.38. The van der Waals surface area contributed by atoms with E-state index in [1.54, 1.807) is 6.07 Å². The molecule has 1 aromatic carbocycles. The topological polar surface area (TPSA) is 31.8 Å². The van der Waals surface area contributed by atoms with Gasteiger partial charge in [-0.1, -0.05) is 20.3 Å². The van der Waals surface area contributed by atoms with Gasteiger partial charge in [-0.3, -0.25) is 5.01 Å². The number of benzene rings is 1. The van der Waals surface area contributed by atoms with Crippen LogP contribution in [0.15, 0.2) is 42.4 Å². The van der Waals surface area contributed by atoms with Gasteiger partial charge in [-0.25, -0.2) is 23.2 Å². The Labute approximate surface area is 227 Å². The summed E-state index contributed by atoms with van der Waals surface area (Å²) in [4.78, 5) is 6.29. The van der Waals surface area contributed by atoms with Gasteiger partial charge in [0.15, 0.2) is 17.5 Å². The highest BCUT2D eigenvalue weighted by Gasteiger charge is 2.36. The third-order valence-electron chi connectivity index (χ3n) is 6.91. The van der Waals surface area contributed by atoms with E-state index in [4.69, 9.17) is 4.74 Å². The van der Waals surface area contributed by atoms with Gasteiger partial charge in [-0.05, 0) is 36.2 Å². The Morgan fingerprint density at radius 2 is 1.86 bits per heavy atom. The van der Waals surface area contributed by atoms with Crippen molar-refractivity contribution in [3.05, 3.63) is 71.0 Å². The third-order valence-corrected chi connectivity index (χ3v) is 7.53. The van der Waals surface area contributed by atoms with Gasteiger partial charge in [0.1, 0.15) is 11.9 Å². The molecule has 2 aliphatic rings. The van der Waals surface area contributed by atoms with Gasteiger partial charge in [-0.2, -0.15) is 8.78 Å². The molecular formula is C26H30F5IN4O. The monoisotopic (exact) mass is 636 g/mol. The number of pyridine rings is 1. The molecule has 0 bridgehead atoms. The van der Waals surface area contributed by atoms with Crippen molar-refractivity contribution in [2.75, 3.05) is 31.6 Å². The van der Waals surface area contributed by atoms with E-state index < -0.39 is 27.4 Å². The lowest BCUT2D eigenvalue weighted by Gasteiger charge is -2.39. The fraction of sp³-hybridized carbons (Fsp3) is 0.500. The van der Waals surface area contributed by atoms with E-state index in [-0.39, 0.29) is 17.6 Å². The van der Waals surface area contributed by atoms with Crippen LogP contribution in [0.25, 0.3) is 0 Å². The molecule has 3 heterocycles. The van der Waals surface area contributed by atoms with Gasteiger partial charge in [0.05, 0.1) is 6.04 Å². The second kappa shape index (κ2) is 11.3. The van der Waals surface area contributed by atoms with Gasteiger partial charge in [0, 0.05) is 79.4 Å². The molecule has 2 unspecified atom stereocenters. The lowest BCUT2D eigenvalue weighted by Crippen LogP contribution is -2.45. The van der Waals surface area contributed by atoms with Gasteiger partial charge in [-0.15, -0.1) is 0 Å². The number of aromatic nitrogens is 1. The molecule has 3 atom stereocenters. The van der Waals surface area contributed by atoms with E-state index in [0.717, 1.165) is 47.6 Å². The first-order valence-corrected chi connectivity index (χ1v) is 13.4. The van der Waals surface area contributed by atoms with Crippen LogP contribution in [0.2, 0.25) is 0 Å². The fourth-order valence-corrected chi connectivity index (χ4v) is 5.09. The molecule has 0 amide bonds. The highest BCUT2D eigenvalue weighted by atomic mass is 127. The average Bonchev–Trinajstić information content (AvgIpc) is 3.16. The Morgan fingerprint density at radius 3 is 2.43 bits per heavy atom. The Kier molecular flexibility index (Phi) is 8.51. The Hall–Kier alpha value is -2.15. The third kappa shape index (κ3) is 6.13. The summed E-state index contributed by atoms with van der Waals surface area (Å²) >= 11 is 1.09. The smallest absolute Gasteiger partial charge is 0.323 e. The molecule has 5 nitrogen and oxygen atoms in total. The molecule has 0 aliphatic carbocycles. The number of rotatable bonds is 8. The van der Waals surface area contributed by atoms with E-state index in [1.807, 2.05) is 23.1 Å². The summed E-state index contributed by atoms with van der Waals surface area (Å²) in [5.74, 6) is -2.60. The minimum absolute atomic E-state index is 0.0974. The Balaban J connectivity index is 1.48. The standard InChI is InChI=1S/C26H30F5IN4O/c1-4-5-9-36-24(13-21(34(36)3)17-11-19(27)25(29)20(28)12-17)37-22-8-10-35(15-16(22)2)23-7-6-18(14-33-23)26(30,31)32/h6-7,11-14,16,21-22H,4-5,8-10,15H2,1-3H3/t16-,21?,22?/m0/s1. The molecule has 0 N–H and O–H groups in total. The molecule has 2 aromatic rings. The number of piperidine rings is 1. The summed E-state index contributed by atoms with van der Waals surface area (Å²) in [6, 6.07) is 4.54. The highest BCUT2D eigenvalue weighted by molar-refractivity contribution is 14.1. The molecule has 0 spiro atoms. The normalized spacial score (nSPS) is 22.9. The van der Waals surface area contributed by atoms with Crippen LogP contribution < -0.4 is 4.90 Å². The molecule has 4 rings (SSSR count). The number of halogens is 6. The molecule has 1 fully saturated rings. The predicted molar refractivity (Wildman–Crippen MR) is 140 cm³/mol. The number of ether oxygens (including phenoxy) is 1. The van der Waals surface area contributed by atoms with Gasteiger partial charge < -0.3 is 9.64 Å². The van der Waals surface area contributed by atoms with Crippen LogP contribution in [0, 0.1) is 23.4 Å². The fourth-order valence-electron chi connectivity index (χ4n) is 4.77. The van der Waals surface area contributed by atoms with Crippen molar-refractivity contribution in [2.24, 2.45) is 5.92 Å². The van der Waals surface area contributed by atoms with Crippen molar-refractivity contribution in [3.8, 4) is 0 Å². The maximum atomic E-state index is 14.0. The van der Waals surface area contributed by atoms with Crippen LogP contribution in [0.3, 0.4) is 0 Å². The van der Waals surface area contributed by atoms with Crippen molar-refractivity contribution in [1.82, 2.24) is 15.0 Å². The van der Waals surface area contributed by atoms with Crippen LogP contribution >= 0.6 is 22.6 Å². The summed E-state index contributed by atoms with van der Waals surface area (Å²) in [6.45, 7) is 6.06. The zero-order chi connectivity index (χ0) is 26.9. The summed E-state index contributed by atoms with van der Waals surface area (Å²) in [5.41, 5.74) is 0.163. The van der Waals surface area contributed by atoms with E-state index in [2.05, 4.69) is 23.7 Å². The van der Waals surface area contributed by atoms with Crippen LogP contribution in [0.5, 0.6) is 0 Å². The number of nitrogens with zero attached hydrogens (tertiary/aromatic N) is 4. The molecule has 202 valence electrons. The minimum Gasteiger partial charge on any atom is -0.475 e. The van der Waals surface area contributed by atoms with Gasteiger partial charge >= 0.3 is 3.93 Å². The first kappa shape index (κ1) is 27.9. The van der Waals surface area contributed by atoms with E-state index >= 15 is 0 Å². The number of hydrogen-bond acceptors (Lipinski definition) is 5. The van der Waals surface area contributed by atoms with E-state index in [1.165, 1.54) is 12.3 Å². The minimum atomic E-state index is -2.97. The lowest BCUT2D eigenvalue weighted by molar-refractivity contribution is -0.0574. The number of hydrazine groups is 1. The molecule has 0 radical (unpaired) electrons. The Morgan fingerprint density at radius 1 is 1.16 bits per heavy atom. The van der Waals surface area contributed by atoms with E-state index in [0.29, 0.717) is 43.3 Å². The van der Waals surface area contributed by atoms with Crippen LogP contribution in [0.4, 0.5) is 27.8 Å². The quantitative estimate of drug-likeness (QED) is 0.139. The lowest BCUT2D eigenvalue weighted by atomic mass is 9.96.